The Morgan fingerprint density at radius 1 is 1.17 bits per heavy atom. The van der Waals surface area contributed by atoms with Gasteiger partial charge >= 0.3 is 0 Å². The molecule has 2 rings (SSSR count). The lowest BCUT2D eigenvalue weighted by Crippen LogP contribution is -1.89. The van der Waals surface area contributed by atoms with Crippen molar-refractivity contribution < 1.29 is 10.0 Å². The monoisotopic (exact) mass is 242 g/mol. The fourth-order valence-corrected chi connectivity index (χ4v) is 1.44. The van der Waals surface area contributed by atoms with E-state index in [-0.39, 0.29) is 11.4 Å². The van der Waals surface area contributed by atoms with Crippen molar-refractivity contribution in [2.45, 2.75) is 0 Å². The van der Waals surface area contributed by atoms with Crippen molar-refractivity contribution in [1.29, 1.82) is 0 Å². The third kappa shape index (κ3) is 2.70. The largest absolute Gasteiger partial charge is 0.506 e. The lowest BCUT2D eigenvalue weighted by molar-refractivity contribution is -0.384. The Hall–Kier alpha value is -2.69. The van der Waals surface area contributed by atoms with Crippen molar-refractivity contribution in [2.75, 3.05) is 0 Å². The van der Waals surface area contributed by atoms with E-state index in [4.69, 9.17) is 0 Å². The van der Waals surface area contributed by atoms with Gasteiger partial charge in [-0.2, -0.15) is 0 Å². The average molecular weight is 242 g/mol. The molecule has 5 heteroatoms. The zero-order chi connectivity index (χ0) is 13.0. The molecule has 0 bridgehead atoms. The Morgan fingerprint density at radius 2 is 1.94 bits per heavy atom. The first-order valence-corrected chi connectivity index (χ1v) is 5.23. The number of benzene rings is 2. The number of nitrogens with zero attached hydrogens (tertiary/aromatic N) is 2. The van der Waals surface area contributed by atoms with E-state index in [1.165, 1.54) is 24.4 Å². The Morgan fingerprint density at radius 3 is 2.67 bits per heavy atom. The van der Waals surface area contributed by atoms with Crippen LogP contribution in [-0.4, -0.2) is 16.2 Å². The maximum Gasteiger partial charge on any atom is 0.270 e. The van der Waals surface area contributed by atoms with Gasteiger partial charge in [-0.15, -0.1) is 0 Å². The molecule has 0 aromatic heterocycles. The van der Waals surface area contributed by atoms with Gasteiger partial charge in [0.2, 0.25) is 0 Å². The highest BCUT2D eigenvalue weighted by Crippen LogP contribution is 2.24. The van der Waals surface area contributed by atoms with E-state index in [2.05, 4.69) is 4.99 Å². The van der Waals surface area contributed by atoms with Crippen LogP contribution in [0.5, 0.6) is 5.75 Å². The molecule has 18 heavy (non-hydrogen) atoms. The van der Waals surface area contributed by atoms with Gasteiger partial charge in [-0.3, -0.25) is 15.1 Å². The van der Waals surface area contributed by atoms with Crippen molar-refractivity contribution >= 4 is 17.6 Å². The van der Waals surface area contributed by atoms with Crippen LogP contribution in [0.25, 0.3) is 0 Å². The predicted molar refractivity (Wildman–Crippen MR) is 68.5 cm³/mol. The lowest BCUT2D eigenvalue weighted by Gasteiger charge is -1.97. The van der Waals surface area contributed by atoms with Gasteiger partial charge in [0.1, 0.15) is 11.4 Å². The predicted octanol–water partition coefficient (Wildman–Crippen LogP) is 3.05. The van der Waals surface area contributed by atoms with Gasteiger partial charge in [-0.05, 0) is 17.7 Å². The number of phenols is 1. The zero-order valence-electron chi connectivity index (χ0n) is 9.35. The van der Waals surface area contributed by atoms with Gasteiger partial charge < -0.3 is 5.11 Å². The second kappa shape index (κ2) is 5.09. The molecule has 2 aromatic carbocycles. The minimum atomic E-state index is -0.461. The third-order valence-electron chi connectivity index (χ3n) is 2.32. The number of nitro benzene ring substituents is 1. The Bertz CT molecular complexity index is 609. The molecule has 90 valence electrons. The minimum absolute atomic E-state index is 0.0104. The lowest BCUT2D eigenvalue weighted by atomic mass is 10.2. The summed E-state index contributed by atoms with van der Waals surface area (Å²) in [6.45, 7) is 0. The van der Waals surface area contributed by atoms with Gasteiger partial charge in [-0.25, -0.2) is 0 Å². The van der Waals surface area contributed by atoms with E-state index in [1.54, 1.807) is 30.3 Å². The summed E-state index contributed by atoms with van der Waals surface area (Å²) in [7, 11) is 0. The molecule has 2 aromatic rings. The first-order chi connectivity index (χ1) is 8.66. The fourth-order valence-electron chi connectivity index (χ4n) is 1.44. The number of phenolic OH excluding ortho intramolecular Hbond substituents is 1. The van der Waals surface area contributed by atoms with Crippen LogP contribution in [0.1, 0.15) is 5.56 Å². The van der Waals surface area contributed by atoms with Crippen LogP contribution in [0.4, 0.5) is 11.4 Å². The average Bonchev–Trinajstić information content (AvgIpc) is 2.38. The molecule has 0 atom stereocenters. The molecule has 1 N–H and O–H groups in total. The summed E-state index contributed by atoms with van der Waals surface area (Å²) in [5, 5.41) is 20.1. The second-order valence-corrected chi connectivity index (χ2v) is 3.60. The molecule has 0 spiro atoms. The molecular weight excluding hydrogens is 232 g/mol. The van der Waals surface area contributed by atoms with Crippen LogP contribution in [0, 0.1) is 10.1 Å². The molecule has 0 aliphatic heterocycles. The number of para-hydroxylation sites is 2. The highest BCUT2D eigenvalue weighted by atomic mass is 16.6. The molecule has 5 nitrogen and oxygen atoms in total. The van der Waals surface area contributed by atoms with E-state index in [9.17, 15) is 15.2 Å². The minimum Gasteiger partial charge on any atom is -0.506 e. The number of hydrogen-bond acceptors (Lipinski definition) is 4. The topological polar surface area (TPSA) is 75.7 Å². The molecule has 0 saturated carbocycles. The standard InChI is InChI=1S/C13H10N2O3/c16-13-7-2-1-6-12(13)14-9-10-4-3-5-11(8-10)15(17)18/h1-9,16H/b14-9+. The maximum atomic E-state index is 10.6. The molecule has 0 heterocycles. The SMILES string of the molecule is O=[N+]([O-])c1cccc(/C=N/c2ccccc2O)c1. The van der Waals surface area contributed by atoms with Gasteiger partial charge in [0, 0.05) is 18.3 Å². The fraction of sp³-hybridized carbons (Fsp3) is 0. The molecule has 0 aliphatic rings. The maximum absolute atomic E-state index is 10.6. The molecule has 0 unspecified atom stereocenters. The van der Waals surface area contributed by atoms with Crippen molar-refractivity contribution in [1.82, 2.24) is 0 Å². The highest BCUT2D eigenvalue weighted by molar-refractivity contribution is 5.83. The highest BCUT2D eigenvalue weighted by Gasteiger charge is 2.04. The molecule has 0 saturated heterocycles. The van der Waals surface area contributed by atoms with Gasteiger partial charge in [0.05, 0.1) is 4.92 Å². The van der Waals surface area contributed by atoms with E-state index < -0.39 is 4.92 Å². The zero-order valence-corrected chi connectivity index (χ0v) is 9.35. The van der Waals surface area contributed by atoms with Gasteiger partial charge in [0.15, 0.2) is 0 Å². The Balaban J connectivity index is 2.27. The van der Waals surface area contributed by atoms with Crippen LogP contribution in [0.15, 0.2) is 53.5 Å². The van der Waals surface area contributed by atoms with Crippen molar-refractivity contribution in [3.05, 3.63) is 64.2 Å². The summed E-state index contributed by atoms with van der Waals surface area (Å²) < 4.78 is 0. The van der Waals surface area contributed by atoms with Gasteiger partial charge in [0.25, 0.3) is 5.69 Å². The van der Waals surface area contributed by atoms with E-state index >= 15 is 0 Å². The van der Waals surface area contributed by atoms with Crippen LogP contribution in [-0.2, 0) is 0 Å². The summed E-state index contributed by atoms with van der Waals surface area (Å²) in [5.74, 6) is 0.0687. The number of aliphatic imine (C=N–C) groups is 1. The molecule has 0 amide bonds. The van der Waals surface area contributed by atoms with E-state index in [0.29, 0.717) is 11.3 Å². The number of hydrogen-bond donors (Lipinski definition) is 1. The van der Waals surface area contributed by atoms with E-state index in [0.717, 1.165) is 0 Å². The number of non-ortho nitro benzene ring substituents is 1. The second-order valence-electron chi connectivity index (χ2n) is 3.60. The van der Waals surface area contributed by atoms with Crippen LogP contribution >= 0.6 is 0 Å². The van der Waals surface area contributed by atoms with Crippen molar-refractivity contribution in [2.24, 2.45) is 4.99 Å². The summed E-state index contributed by atoms with van der Waals surface area (Å²) >= 11 is 0. The smallest absolute Gasteiger partial charge is 0.270 e. The first kappa shape index (κ1) is 11.8. The van der Waals surface area contributed by atoms with Crippen LogP contribution in [0.3, 0.4) is 0 Å². The Labute approximate surface area is 103 Å². The summed E-state index contributed by atoms with van der Waals surface area (Å²) in [6.07, 6.45) is 1.47. The van der Waals surface area contributed by atoms with Crippen LogP contribution in [0.2, 0.25) is 0 Å². The van der Waals surface area contributed by atoms with Gasteiger partial charge in [-0.1, -0.05) is 24.3 Å². The summed E-state index contributed by atoms with van der Waals surface area (Å²) in [6, 6.07) is 12.8. The summed E-state index contributed by atoms with van der Waals surface area (Å²) in [5.41, 5.74) is 1.03. The summed E-state index contributed by atoms with van der Waals surface area (Å²) in [4.78, 5) is 14.2. The molecule has 0 fully saturated rings. The molecule has 0 radical (unpaired) electrons. The quantitative estimate of drug-likeness (QED) is 0.510. The Kier molecular flexibility index (Phi) is 3.33. The molecule has 0 aliphatic carbocycles. The number of nitro groups is 1. The first-order valence-electron chi connectivity index (χ1n) is 5.23. The van der Waals surface area contributed by atoms with E-state index in [1.807, 2.05) is 0 Å². The van der Waals surface area contributed by atoms with Crippen molar-refractivity contribution in [3.63, 3.8) is 0 Å². The van der Waals surface area contributed by atoms with Crippen molar-refractivity contribution in [3.8, 4) is 5.75 Å². The van der Waals surface area contributed by atoms with Crippen LogP contribution < -0.4 is 0 Å². The molecular formula is C13H10N2O3. The normalized spacial score (nSPS) is 10.7. The number of rotatable bonds is 3. The number of aromatic hydroxyl groups is 1. The third-order valence-corrected chi connectivity index (χ3v) is 2.32.